The SMILES string of the molecule is Cn1c(=O)oc2cc(NC(=O)C(Cc3ccco3)c3ccc(F)cc3)ccc21. The highest BCUT2D eigenvalue weighted by molar-refractivity contribution is 5.97. The number of fused-ring (bicyclic) bond motifs is 1. The number of nitrogens with one attached hydrogen (secondary N) is 1. The first kappa shape index (κ1) is 17.8. The Morgan fingerprint density at radius 3 is 2.68 bits per heavy atom. The fraction of sp³-hybridized carbons (Fsp3) is 0.143. The maximum absolute atomic E-state index is 13.3. The van der Waals surface area contributed by atoms with Crippen molar-refractivity contribution in [3.63, 3.8) is 0 Å². The molecule has 1 atom stereocenters. The summed E-state index contributed by atoms with van der Waals surface area (Å²) in [5, 5.41) is 2.84. The number of nitrogens with zero attached hydrogens (tertiary/aromatic N) is 1. The van der Waals surface area contributed by atoms with Crippen molar-refractivity contribution >= 4 is 22.7 Å². The molecule has 1 N–H and O–H groups in total. The molecule has 2 aromatic carbocycles. The third kappa shape index (κ3) is 3.46. The summed E-state index contributed by atoms with van der Waals surface area (Å²) in [6.45, 7) is 0. The van der Waals surface area contributed by atoms with Gasteiger partial charge >= 0.3 is 5.76 Å². The molecule has 4 rings (SSSR count). The van der Waals surface area contributed by atoms with Crippen molar-refractivity contribution in [2.75, 3.05) is 5.32 Å². The second kappa shape index (κ2) is 7.19. The van der Waals surface area contributed by atoms with Crippen LogP contribution in [0.3, 0.4) is 0 Å². The van der Waals surface area contributed by atoms with Crippen molar-refractivity contribution in [2.45, 2.75) is 12.3 Å². The molecule has 2 aromatic heterocycles. The molecule has 4 aromatic rings. The van der Waals surface area contributed by atoms with Gasteiger partial charge in [0, 0.05) is 25.2 Å². The van der Waals surface area contributed by atoms with Crippen LogP contribution in [0.25, 0.3) is 11.1 Å². The van der Waals surface area contributed by atoms with Crippen LogP contribution in [0.5, 0.6) is 0 Å². The lowest BCUT2D eigenvalue weighted by Crippen LogP contribution is -2.23. The van der Waals surface area contributed by atoms with E-state index in [1.165, 1.54) is 16.7 Å². The molecule has 1 amide bonds. The second-order valence-electron chi connectivity index (χ2n) is 6.49. The number of furan rings is 1. The van der Waals surface area contributed by atoms with Gasteiger partial charge in [0.2, 0.25) is 5.91 Å². The highest BCUT2D eigenvalue weighted by atomic mass is 19.1. The Balaban J connectivity index is 1.63. The van der Waals surface area contributed by atoms with E-state index in [0.29, 0.717) is 34.5 Å². The molecular weight excluding hydrogens is 363 g/mol. The average Bonchev–Trinajstić information content (AvgIpc) is 3.29. The summed E-state index contributed by atoms with van der Waals surface area (Å²) in [7, 11) is 1.61. The number of hydrogen-bond acceptors (Lipinski definition) is 4. The summed E-state index contributed by atoms with van der Waals surface area (Å²) in [4.78, 5) is 24.6. The number of rotatable bonds is 5. The maximum Gasteiger partial charge on any atom is 0.419 e. The van der Waals surface area contributed by atoms with Crippen LogP contribution < -0.4 is 11.1 Å². The van der Waals surface area contributed by atoms with E-state index in [0.717, 1.165) is 0 Å². The smallest absolute Gasteiger partial charge is 0.419 e. The highest BCUT2D eigenvalue weighted by Gasteiger charge is 2.23. The van der Waals surface area contributed by atoms with Crippen LogP contribution in [0, 0.1) is 5.82 Å². The van der Waals surface area contributed by atoms with E-state index in [2.05, 4.69) is 5.32 Å². The molecule has 0 saturated heterocycles. The van der Waals surface area contributed by atoms with E-state index in [-0.39, 0.29) is 11.7 Å². The number of carbonyl (C=O) groups excluding carboxylic acids is 1. The molecule has 1 unspecified atom stereocenters. The highest BCUT2D eigenvalue weighted by Crippen LogP contribution is 2.25. The lowest BCUT2D eigenvalue weighted by molar-refractivity contribution is -0.117. The first-order valence-corrected chi connectivity index (χ1v) is 8.69. The van der Waals surface area contributed by atoms with E-state index in [9.17, 15) is 14.0 Å². The van der Waals surface area contributed by atoms with Gasteiger partial charge in [-0.3, -0.25) is 9.36 Å². The number of benzene rings is 2. The van der Waals surface area contributed by atoms with Crippen molar-refractivity contribution in [3.8, 4) is 0 Å². The molecule has 2 heterocycles. The summed E-state index contributed by atoms with van der Waals surface area (Å²) in [6, 6.07) is 14.4. The van der Waals surface area contributed by atoms with Gasteiger partial charge in [-0.05, 0) is 42.0 Å². The molecule has 0 spiro atoms. The summed E-state index contributed by atoms with van der Waals surface area (Å²) < 4.78 is 25.2. The zero-order valence-electron chi connectivity index (χ0n) is 15.0. The van der Waals surface area contributed by atoms with Gasteiger partial charge < -0.3 is 14.2 Å². The van der Waals surface area contributed by atoms with Crippen LogP contribution in [0.2, 0.25) is 0 Å². The number of amides is 1. The van der Waals surface area contributed by atoms with Crippen LogP contribution in [0.4, 0.5) is 10.1 Å². The second-order valence-corrected chi connectivity index (χ2v) is 6.49. The topological polar surface area (TPSA) is 77.4 Å². The fourth-order valence-corrected chi connectivity index (χ4v) is 3.13. The van der Waals surface area contributed by atoms with E-state index >= 15 is 0 Å². The van der Waals surface area contributed by atoms with Crippen molar-refractivity contribution in [2.24, 2.45) is 7.05 Å². The molecule has 0 aliphatic rings. The first-order chi connectivity index (χ1) is 13.5. The van der Waals surface area contributed by atoms with E-state index in [1.54, 1.807) is 55.8 Å². The van der Waals surface area contributed by atoms with Crippen LogP contribution >= 0.6 is 0 Å². The molecule has 0 saturated carbocycles. The summed E-state index contributed by atoms with van der Waals surface area (Å²) in [5.74, 6) is -1.05. The summed E-state index contributed by atoms with van der Waals surface area (Å²) >= 11 is 0. The zero-order chi connectivity index (χ0) is 19.7. The number of aromatic nitrogens is 1. The molecule has 6 nitrogen and oxygen atoms in total. The molecule has 7 heteroatoms. The molecule has 0 aliphatic carbocycles. The standard InChI is InChI=1S/C21H17FN2O4/c1-24-18-9-8-15(11-19(18)28-21(24)26)23-20(25)17(12-16-3-2-10-27-16)13-4-6-14(22)7-5-13/h2-11,17H,12H2,1H3,(H,23,25). The normalized spacial score (nSPS) is 12.2. The quantitative estimate of drug-likeness (QED) is 0.571. The number of anilines is 1. The molecule has 28 heavy (non-hydrogen) atoms. The number of aryl methyl sites for hydroxylation is 1. The number of hydrogen-bond donors (Lipinski definition) is 1. The molecule has 0 aliphatic heterocycles. The molecule has 0 bridgehead atoms. The minimum atomic E-state index is -0.578. The van der Waals surface area contributed by atoms with Gasteiger partial charge in [0.05, 0.1) is 17.7 Å². The Hall–Kier alpha value is -3.61. The van der Waals surface area contributed by atoms with Gasteiger partial charge in [-0.25, -0.2) is 9.18 Å². The average molecular weight is 380 g/mol. The number of halogens is 1. The van der Waals surface area contributed by atoms with Crippen LogP contribution in [0.1, 0.15) is 17.2 Å². The Kier molecular flexibility index (Phi) is 4.57. The monoisotopic (exact) mass is 380 g/mol. The predicted molar refractivity (Wildman–Crippen MR) is 102 cm³/mol. The first-order valence-electron chi connectivity index (χ1n) is 8.69. The van der Waals surface area contributed by atoms with Gasteiger partial charge in [-0.15, -0.1) is 0 Å². The summed E-state index contributed by atoms with van der Waals surface area (Å²) in [5.41, 5.74) is 2.18. The Bertz CT molecular complexity index is 1170. The van der Waals surface area contributed by atoms with Crippen molar-refractivity contribution < 1.29 is 18.0 Å². The van der Waals surface area contributed by atoms with Crippen molar-refractivity contribution in [3.05, 3.63) is 88.6 Å². The van der Waals surface area contributed by atoms with Gasteiger partial charge in [0.25, 0.3) is 0 Å². The maximum atomic E-state index is 13.3. The third-order valence-electron chi connectivity index (χ3n) is 4.63. The van der Waals surface area contributed by atoms with Crippen LogP contribution in [-0.2, 0) is 18.3 Å². The van der Waals surface area contributed by atoms with E-state index in [4.69, 9.17) is 8.83 Å². The van der Waals surface area contributed by atoms with E-state index in [1.807, 2.05) is 0 Å². The number of carbonyl (C=O) groups is 1. The van der Waals surface area contributed by atoms with Gasteiger partial charge in [-0.1, -0.05) is 12.1 Å². The minimum absolute atomic E-state index is 0.277. The predicted octanol–water partition coefficient (Wildman–Crippen LogP) is 3.83. The van der Waals surface area contributed by atoms with Crippen molar-refractivity contribution in [1.29, 1.82) is 0 Å². The van der Waals surface area contributed by atoms with Gasteiger partial charge in [0.1, 0.15) is 11.6 Å². The van der Waals surface area contributed by atoms with Crippen LogP contribution in [-0.4, -0.2) is 10.5 Å². The zero-order valence-corrected chi connectivity index (χ0v) is 15.0. The molecule has 0 fully saturated rings. The van der Waals surface area contributed by atoms with E-state index < -0.39 is 11.7 Å². The lowest BCUT2D eigenvalue weighted by Gasteiger charge is -2.16. The van der Waals surface area contributed by atoms with Gasteiger partial charge in [-0.2, -0.15) is 0 Å². The Morgan fingerprint density at radius 2 is 1.96 bits per heavy atom. The fourth-order valence-electron chi connectivity index (χ4n) is 3.13. The minimum Gasteiger partial charge on any atom is -0.469 e. The number of oxazole rings is 1. The van der Waals surface area contributed by atoms with Crippen molar-refractivity contribution in [1.82, 2.24) is 4.57 Å². The Morgan fingerprint density at radius 1 is 1.18 bits per heavy atom. The summed E-state index contributed by atoms with van der Waals surface area (Å²) in [6.07, 6.45) is 1.87. The Labute approximate surface area is 159 Å². The molecule has 0 radical (unpaired) electrons. The molecular formula is C21H17FN2O4. The van der Waals surface area contributed by atoms with Crippen LogP contribution in [0.15, 0.2) is 74.5 Å². The molecule has 142 valence electrons. The van der Waals surface area contributed by atoms with Gasteiger partial charge in [0.15, 0.2) is 5.58 Å². The lowest BCUT2D eigenvalue weighted by atomic mass is 9.93. The third-order valence-corrected chi connectivity index (χ3v) is 4.63. The largest absolute Gasteiger partial charge is 0.469 e.